The lowest BCUT2D eigenvalue weighted by Gasteiger charge is -2.12. The standard InChI is InChI=1S/C15H18N2O3S/c1-20-14-5-3-2-4-12(14)17-15(19)16-8-6-13(18)11-7-9-21-10-11/h2-5,7,9-10,13,18H,6,8H2,1H3,(H2,16,17,19). The monoisotopic (exact) mass is 306 g/mol. The van der Waals surface area contributed by atoms with Crippen molar-refractivity contribution in [3.05, 3.63) is 46.7 Å². The number of carbonyl (C=O) groups is 1. The van der Waals surface area contributed by atoms with Crippen LogP contribution in [0.15, 0.2) is 41.1 Å². The molecule has 1 aromatic heterocycles. The van der Waals surface area contributed by atoms with Crippen LogP contribution in [0.1, 0.15) is 18.1 Å². The van der Waals surface area contributed by atoms with Gasteiger partial charge in [0.25, 0.3) is 0 Å². The highest BCUT2D eigenvalue weighted by Gasteiger charge is 2.09. The lowest BCUT2D eigenvalue weighted by Crippen LogP contribution is -2.30. The van der Waals surface area contributed by atoms with Crippen molar-refractivity contribution in [3.8, 4) is 5.75 Å². The van der Waals surface area contributed by atoms with E-state index in [-0.39, 0.29) is 6.03 Å². The van der Waals surface area contributed by atoms with Gasteiger partial charge in [0.15, 0.2) is 0 Å². The Morgan fingerprint density at radius 3 is 2.90 bits per heavy atom. The Hall–Kier alpha value is -2.05. The van der Waals surface area contributed by atoms with E-state index in [9.17, 15) is 9.90 Å². The molecule has 1 aromatic carbocycles. The summed E-state index contributed by atoms with van der Waals surface area (Å²) in [5.74, 6) is 0.603. The van der Waals surface area contributed by atoms with Crippen molar-refractivity contribution < 1.29 is 14.6 Å². The van der Waals surface area contributed by atoms with Gasteiger partial charge in [-0.15, -0.1) is 0 Å². The topological polar surface area (TPSA) is 70.6 Å². The van der Waals surface area contributed by atoms with Gasteiger partial charge in [0.1, 0.15) is 5.75 Å². The smallest absolute Gasteiger partial charge is 0.319 e. The average molecular weight is 306 g/mol. The molecule has 5 nitrogen and oxygen atoms in total. The molecule has 0 saturated carbocycles. The largest absolute Gasteiger partial charge is 0.495 e. The molecule has 0 spiro atoms. The predicted octanol–water partition coefficient (Wildman–Crippen LogP) is 3.00. The molecule has 2 amide bonds. The summed E-state index contributed by atoms with van der Waals surface area (Å²) in [5.41, 5.74) is 1.49. The molecule has 1 atom stereocenters. The molecule has 2 rings (SSSR count). The number of hydrogen-bond donors (Lipinski definition) is 3. The highest BCUT2D eigenvalue weighted by atomic mass is 32.1. The van der Waals surface area contributed by atoms with Crippen molar-refractivity contribution in [1.82, 2.24) is 5.32 Å². The van der Waals surface area contributed by atoms with Gasteiger partial charge in [-0.25, -0.2) is 4.79 Å². The number of rotatable bonds is 6. The van der Waals surface area contributed by atoms with Crippen LogP contribution in [0.5, 0.6) is 5.75 Å². The van der Waals surface area contributed by atoms with Gasteiger partial charge in [-0.1, -0.05) is 12.1 Å². The first kappa shape index (κ1) is 15.3. The highest BCUT2D eigenvalue weighted by Crippen LogP contribution is 2.22. The summed E-state index contributed by atoms with van der Waals surface area (Å²) in [4.78, 5) is 11.8. The van der Waals surface area contributed by atoms with E-state index < -0.39 is 6.10 Å². The summed E-state index contributed by atoms with van der Waals surface area (Å²) < 4.78 is 5.16. The first-order valence-electron chi connectivity index (χ1n) is 6.58. The van der Waals surface area contributed by atoms with Gasteiger partial charge < -0.3 is 20.5 Å². The number of benzene rings is 1. The Labute approximate surface area is 127 Å². The Kier molecular flexibility index (Phi) is 5.59. The Morgan fingerprint density at radius 2 is 2.19 bits per heavy atom. The quantitative estimate of drug-likeness (QED) is 0.768. The van der Waals surface area contributed by atoms with Crippen molar-refractivity contribution >= 4 is 23.1 Å². The minimum Gasteiger partial charge on any atom is -0.495 e. The number of amides is 2. The van der Waals surface area contributed by atoms with Gasteiger partial charge in [0.2, 0.25) is 0 Å². The van der Waals surface area contributed by atoms with Crippen LogP contribution in [-0.2, 0) is 0 Å². The zero-order valence-electron chi connectivity index (χ0n) is 11.7. The lowest BCUT2D eigenvalue weighted by atomic mass is 10.1. The van der Waals surface area contributed by atoms with Gasteiger partial charge in [-0.3, -0.25) is 0 Å². The number of thiophene rings is 1. The molecule has 2 aromatic rings. The summed E-state index contributed by atoms with van der Waals surface area (Å²) >= 11 is 1.54. The van der Waals surface area contributed by atoms with Crippen molar-refractivity contribution in [2.45, 2.75) is 12.5 Å². The second-order valence-electron chi connectivity index (χ2n) is 4.44. The summed E-state index contributed by atoms with van der Waals surface area (Å²) in [6.07, 6.45) is -0.0846. The number of carbonyl (C=O) groups excluding carboxylic acids is 1. The average Bonchev–Trinajstić information content (AvgIpc) is 3.02. The fourth-order valence-electron chi connectivity index (χ4n) is 1.87. The third-order valence-corrected chi connectivity index (χ3v) is 3.69. The molecule has 0 radical (unpaired) electrons. The van der Waals surface area contributed by atoms with E-state index in [4.69, 9.17) is 4.74 Å². The summed E-state index contributed by atoms with van der Waals surface area (Å²) in [5, 5.41) is 19.2. The molecular formula is C15H18N2O3S. The molecule has 112 valence electrons. The van der Waals surface area contributed by atoms with Crippen LogP contribution in [0.4, 0.5) is 10.5 Å². The van der Waals surface area contributed by atoms with Crippen LogP contribution in [-0.4, -0.2) is 24.8 Å². The molecule has 0 bridgehead atoms. The van der Waals surface area contributed by atoms with Crippen LogP contribution in [0.25, 0.3) is 0 Å². The first-order valence-corrected chi connectivity index (χ1v) is 7.53. The van der Waals surface area contributed by atoms with Crippen LogP contribution >= 0.6 is 11.3 Å². The Balaban J connectivity index is 1.77. The second kappa shape index (κ2) is 7.66. The van der Waals surface area contributed by atoms with Gasteiger partial charge in [-0.05, 0) is 40.9 Å². The fourth-order valence-corrected chi connectivity index (χ4v) is 2.58. The highest BCUT2D eigenvalue weighted by molar-refractivity contribution is 7.07. The van der Waals surface area contributed by atoms with Crippen LogP contribution < -0.4 is 15.4 Å². The number of hydrogen-bond acceptors (Lipinski definition) is 4. The van der Waals surface area contributed by atoms with E-state index in [2.05, 4.69) is 10.6 Å². The van der Waals surface area contributed by atoms with Gasteiger partial charge in [0.05, 0.1) is 18.9 Å². The van der Waals surface area contributed by atoms with Gasteiger partial charge in [-0.2, -0.15) is 11.3 Å². The van der Waals surface area contributed by atoms with Crippen molar-refractivity contribution in [3.63, 3.8) is 0 Å². The minimum absolute atomic E-state index is 0.322. The number of anilines is 1. The molecule has 21 heavy (non-hydrogen) atoms. The molecule has 0 aliphatic carbocycles. The number of ether oxygens (including phenoxy) is 1. The molecule has 6 heteroatoms. The van der Waals surface area contributed by atoms with E-state index in [0.717, 1.165) is 5.56 Å². The number of urea groups is 1. The van der Waals surface area contributed by atoms with E-state index in [0.29, 0.717) is 24.4 Å². The molecule has 0 aliphatic rings. The Morgan fingerprint density at radius 1 is 1.38 bits per heavy atom. The lowest BCUT2D eigenvalue weighted by molar-refractivity contribution is 0.168. The zero-order chi connectivity index (χ0) is 15.1. The van der Waals surface area contributed by atoms with Crippen LogP contribution in [0.2, 0.25) is 0 Å². The maximum atomic E-state index is 11.8. The summed E-state index contributed by atoms with van der Waals surface area (Å²) in [6, 6.07) is 8.74. The molecule has 1 unspecified atom stereocenters. The zero-order valence-corrected chi connectivity index (χ0v) is 12.5. The summed E-state index contributed by atoms with van der Waals surface area (Å²) in [6.45, 7) is 0.387. The third-order valence-electron chi connectivity index (χ3n) is 2.99. The van der Waals surface area contributed by atoms with Gasteiger partial charge in [0, 0.05) is 6.54 Å². The molecule has 3 N–H and O–H groups in total. The molecule has 0 saturated heterocycles. The second-order valence-corrected chi connectivity index (χ2v) is 5.22. The fraction of sp³-hybridized carbons (Fsp3) is 0.267. The van der Waals surface area contributed by atoms with Gasteiger partial charge >= 0.3 is 6.03 Å². The first-order chi connectivity index (χ1) is 10.2. The number of aliphatic hydroxyl groups is 1. The van der Waals surface area contributed by atoms with Crippen LogP contribution in [0, 0.1) is 0 Å². The Bertz CT molecular complexity index is 572. The SMILES string of the molecule is COc1ccccc1NC(=O)NCCC(O)c1ccsc1. The molecule has 0 aliphatic heterocycles. The van der Waals surface area contributed by atoms with E-state index in [1.54, 1.807) is 19.2 Å². The van der Waals surface area contributed by atoms with Crippen molar-refractivity contribution in [1.29, 1.82) is 0 Å². The maximum Gasteiger partial charge on any atom is 0.319 e. The van der Waals surface area contributed by atoms with Crippen molar-refractivity contribution in [2.24, 2.45) is 0 Å². The number of aliphatic hydroxyl groups excluding tert-OH is 1. The van der Waals surface area contributed by atoms with Crippen LogP contribution in [0.3, 0.4) is 0 Å². The molecule has 0 fully saturated rings. The van der Waals surface area contributed by atoms with Crippen molar-refractivity contribution in [2.75, 3.05) is 19.0 Å². The predicted molar refractivity (Wildman–Crippen MR) is 83.9 cm³/mol. The molecular weight excluding hydrogens is 288 g/mol. The number of methoxy groups -OCH3 is 1. The maximum absolute atomic E-state index is 11.8. The van der Waals surface area contributed by atoms with E-state index in [1.165, 1.54) is 11.3 Å². The number of nitrogens with one attached hydrogen (secondary N) is 2. The molecule has 1 heterocycles. The van der Waals surface area contributed by atoms with E-state index in [1.807, 2.05) is 29.0 Å². The summed E-state index contributed by atoms with van der Waals surface area (Å²) in [7, 11) is 1.55. The third kappa shape index (κ3) is 4.47. The minimum atomic E-state index is -0.553. The normalized spacial score (nSPS) is 11.7. The van der Waals surface area contributed by atoms with E-state index >= 15 is 0 Å². The number of para-hydroxylation sites is 2.